The number of hydrogen-bond donors (Lipinski definition) is 1. The molecule has 0 aliphatic heterocycles. The quantitative estimate of drug-likeness (QED) is 0.839. The van der Waals surface area contributed by atoms with Gasteiger partial charge in [0.15, 0.2) is 0 Å². The lowest BCUT2D eigenvalue weighted by atomic mass is 10.1. The summed E-state index contributed by atoms with van der Waals surface area (Å²) in [4.78, 5) is 6.76. The Hall–Kier alpha value is -1.65. The van der Waals surface area contributed by atoms with Crippen molar-refractivity contribution in [2.75, 3.05) is 20.1 Å². The van der Waals surface area contributed by atoms with Crippen LogP contribution in [0.25, 0.3) is 0 Å². The third-order valence-corrected chi connectivity index (χ3v) is 3.62. The monoisotopic (exact) mass is 272 g/mol. The number of hydrogen-bond acceptors (Lipinski definition) is 3. The van der Waals surface area contributed by atoms with Gasteiger partial charge in [-0.15, -0.1) is 0 Å². The molecule has 2 aromatic rings. The first-order valence-electron chi connectivity index (χ1n) is 7.14. The number of nitrogens with zero attached hydrogens (tertiary/aromatic N) is 3. The fourth-order valence-electron chi connectivity index (χ4n) is 2.37. The minimum Gasteiger partial charge on any atom is -0.337 e. The van der Waals surface area contributed by atoms with E-state index >= 15 is 0 Å². The molecule has 0 radical (unpaired) electrons. The van der Waals surface area contributed by atoms with Gasteiger partial charge in [0.25, 0.3) is 0 Å². The predicted octanol–water partition coefficient (Wildman–Crippen LogP) is 2.20. The van der Waals surface area contributed by atoms with Crippen LogP contribution in [-0.4, -0.2) is 34.6 Å². The molecule has 1 atom stereocenters. The van der Waals surface area contributed by atoms with E-state index < -0.39 is 0 Å². The average Bonchev–Trinajstić information content (AvgIpc) is 2.86. The van der Waals surface area contributed by atoms with Crippen molar-refractivity contribution < 1.29 is 0 Å². The minimum absolute atomic E-state index is 0.354. The lowest BCUT2D eigenvalue weighted by Crippen LogP contribution is -2.33. The molecular formula is C16H24N4. The van der Waals surface area contributed by atoms with Crippen molar-refractivity contribution in [2.45, 2.75) is 19.5 Å². The molecule has 2 rings (SSSR count). The molecule has 1 aromatic carbocycles. The Labute approximate surface area is 121 Å². The molecular weight excluding hydrogens is 248 g/mol. The first-order chi connectivity index (χ1) is 9.72. The van der Waals surface area contributed by atoms with E-state index in [0.29, 0.717) is 6.04 Å². The normalized spacial score (nSPS) is 12.8. The van der Waals surface area contributed by atoms with Crippen molar-refractivity contribution in [2.24, 2.45) is 7.05 Å². The average molecular weight is 272 g/mol. The van der Waals surface area contributed by atoms with Crippen LogP contribution in [0, 0.1) is 0 Å². The lowest BCUT2D eigenvalue weighted by molar-refractivity contribution is 0.223. The molecule has 0 saturated heterocycles. The Kier molecular flexibility index (Phi) is 5.32. The molecule has 1 N–H and O–H groups in total. The van der Waals surface area contributed by atoms with E-state index in [-0.39, 0.29) is 0 Å². The molecule has 20 heavy (non-hydrogen) atoms. The third-order valence-electron chi connectivity index (χ3n) is 3.62. The fraction of sp³-hybridized carbons (Fsp3) is 0.438. The number of aryl methyl sites for hydroxylation is 1. The lowest BCUT2D eigenvalue weighted by Gasteiger charge is -2.28. The number of nitrogens with one attached hydrogen (secondary N) is 1. The molecule has 1 unspecified atom stereocenters. The Morgan fingerprint density at radius 2 is 2.05 bits per heavy atom. The number of aromatic nitrogens is 2. The molecule has 0 aliphatic rings. The molecule has 4 nitrogen and oxygen atoms in total. The van der Waals surface area contributed by atoms with Crippen LogP contribution < -0.4 is 5.32 Å². The van der Waals surface area contributed by atoms with Gasteiger partial charge in [0.2, 0.25) is 0 Å². The molecule has 0 saturated carbocycles. The zero-order chi connectivity index (χ0) is 14.4. The van der Waals surface area contributed by atoms with Crippen LogP contribution in [0.2, 0.25) is 0 Å². The molecule has 1 aromatic heterocycles. The topological polar surface area (TPSA) is 33.1 Å². The Balaban J connectivity index is 2.12. The van der Waals surface area contributed by atoms with E-state index in [1.54, 1.807) is 0 Å². The van der Waals surface area contributed by atoms with E-state index in [9.17, 15) is 0 Å². The summed E-state index contributed by atoms with van der Waals surface area (Å²) in [6.45, 7) is 4.91. The van der Waals surface area contributed by atoms with Crippen LogP contribution in [0.5, 0.6) is 0 Å². The number of benzene rings is 1. The van der Waals surface area contributed by atoms with Crippen LogP contribution in [0.15, 0.2) is 42.7 Å². The van der Waals surface area contributed by atoms with Crippen LogP contribution >= 0.6 is 0 Å². The molecule has 0 amide bonds. The maximum Gasteiger partial charge on any atom is 0.122 e. The van der Waals surface area contributed by atoms with Gasteiger partial charge in [-0.3, -0.25) is 4.90 Å². The minimum atomic E-state index is 0.354. The van der Waals surface area contributed by atoms with Crippen LogP contribution in [0.3, 0.4) is 0 Å². The fourth-order valence-corrected chi connectivity index (χ4v) is 2.37. The van der Waals surface area contributed by atoms with E-state index in [1.807, 2.05) is 19.4 Å². The second-order valence-corrected chi connectivity index (χ2v) is 5.10. The highest BCUT2D eigenvalue weighted by Crippen LogP contribution is 2.20. The van der Waals surface area contributed by atoms with Crippen LogP contribution in [-0.2, 0) is 13.6 Å². The molecule has 0 spiro atoms. The number of imidazole rings is 1. The maximum absolute atomic E-state index is 4.41. The van der Waals surface area contributed by atoms with Gasteiger partial charge in [0.05, 0.1) is 6.54 Å². The van der Waals surface area contributed by atoms with Crippen LogP contribution in [0.4, 0.5) is 0 Å². The third kappa shape index (κ3) is 3.68. The second kappa shape index (κ2) is 7.22. The Morgan fingerprint density at radius 1 is 1.30 bits per heavy atom. The Morgan fingerprint density at radius 3 is 2.65 bits per heavy atom. The summed E-state index contributed by atoms with van der Waals surface area (Å²) in [6.07, 6.45) is 3.84. The van der Waals surface area contributed by atoms with Gasteiger partial charge in [-0.25, -0.2) is 4.98 Å². The maximum atomic E-state index is 4.41. The molecule has 108 valence electrons. The summed E-state index contributed by atoms with van der Waals surface area (Å²) >= 11 is 0. The SMILES string of the molecule is CCNCC(c1ccccc1)N(C)Cc1nccn1C. The van der Waals surface area contributed by atoms with Crippen molar-refractivity contribution in [1.82, 2.24) is 19.8 Å². The van der Waals surface area contributed by atoms with Gasteiger partial charge >= 0.3 is 0 Å². The molecule has 1 heterocycles. The van der Waals surface area contributed by atoms with Crippen molar-refractivity contribution in [1.29, 1.82) is 0 Å². The summed E-state index contributed by atoms with van der Waals surface area (Å²) < 4.78 is 2.08. The molecule has 0 aliphatic carbocycles. The van der Waals surface area contributed by atoms with E-state index in [0.717, 1.165) is 25.5 Å². The molecule has 0 bridgehead atoms. The zero-order valence-corrected chi connectivity index (χ0v) is 12.6. The first kappa shape index (κ1) is 14.8. The molecule has 0 fully saturated rings. The highest BCUT2D eigenvalue weighted by Gasteiger charge is 2.17. The van der Waals surface area contributed by atoms with Gasteiger partial charge in [-0.05, 0) is 19.2 Å². The summed E-state index contributed by atoms with van der Waals surface area (Å²) in [5.74, 6) is 1.09. The number of rotatable bonds is 7. The largest absolute Gasteiger partial charge is 0.337 e. The van der Waals surface area contributed by atoms with Gasteiger partial charge in [0, 0.05) is 32.0 Å². The number of likely N-dealkylation sites (N-methyl/N-ethyl adjacent to an activating group) is 2. The predicted molar refractivity (Wildman–Crippen MR) is 82.4 cm³/mol. The van der Waals surface area contributed by atoms with Crippen molar-refractivity contribution in [3.05, 3.63) is 54.1 Å². The van der Waals surface area contributed by atoms with Gasteiger partial charge < -0.3 is 9.88 Å². The van der Waals surface area contributed by atoms with Crippen LogP contribution in [0.1, 0.15) is 24.4 Å². The van der Waals surface area contributed by atoms with Crippen molar-refractivity contribution >= 4 is 0 Å². The van der Waals surface area contributed by atoms with Gasteiger partial charge in [-0.1, -0.05) is 37.3 Å². The summed E-state index contributed by atoms with van der Waals surface area (Å²) in [5, 5.41) is 3.45. The van der Waals surface area contributed by atoms with Crippen molar-refractivity contribution in [3.8, 4) is 0 Å². The summed E-state index contributed by atoms with van der Waals surface area (Å²) in [6, 6.07) is 11.0. The summed E-state index contributed by atoms with van der Waals surface area (Å²) in [5.41, 5.74) is 1.34. The smallest absolute Gasteiger partial charge is 0.122 e. The van der Waals surface area contributed by atoms with E-state index in [4.69, 9.17) is 0 Å². The summed E-state index contributed by atoms with van der Waals surface area (Å²) in [7, 11) is 4.20. The standard InChI is InChI=1S/C16H24N4/c1-4-17-12-15(14-8-6-5-7-9-14)20(3)13-16-18-10-11-19(16)2/h5-11,15,17H,4,12-13H2,1-3H3. The second-order valence-electron chi connectivity index (χ2n) is 5.10. The highest BCUT2D eigenvalue weighted by atomic mass is 15.2. The van der Waals surface area contributed by atoms with E-state index in [2.05, 4.69) is 64.1 Å². The first-order valence-corrected chi connectivity index (χ1v) is 7.14. The van der Waals surface area contributed by atoms with E-state index in [1.165, 1.54) is 5.56 Å². The zero-order valence-electron chi connectivity index (χ0n) is 12.6. The van der Waals surface area contributed by atoms with Gasteiger partial charge in [0.1, 0.15) is 5.82 Å². The van der Waals surface area contributed by atoms with Gasteiger partial charge in [-0.2, -0.15) is 0 Å². The van der Waals surface area contributed by atoms with Crippen molar-refractivity contribution in [3.63, 3.8) is 0 Å². The Bertz CT molecular complexity index is 506. The molecule has 4 heteroatoms. The highest BCUT2D eigenvalue weighted by molar-refractivity contribution is 5.19.